The number of hydrogen-bond donors (Lipinski definition) is 0. The van der Waals surface area contributed by atoms with E-state index in [-0.39, 0.29) is 4.90 Å². The van der Waals surface area contributed by atoms with E-state index in [1.54, 1.807) is 36.6 Å². The smallest absolute Gasteiger partial charge is 0.246 e. The lowest BCUT2D eigenvalue weighted by Crippen LogP contribution is -2.48. The lowest BCUT2D eigenvalue weighted by Gasteiger charge is -2.34. The number of ether oxygens (including phenoxy) is 2. The van der Waals surface area contributed by atoms with Gasteiger partial charge in [0.2, 0.25) is 10.0 Å². The predicted octanol–water partition coefficient (Wildman–Crippen LogP) is 4.10. The van der Waals surface area contributed by atoms with Crippen LogP contribution in [0.3, 0.4) is 0 Å². The number of methoxy groups -OCH3 is 2. The van der Waals surface area contributed by atoms with Crippen LogP contribution < -0.4 is 14.4 Å². The van der Waals surface area contributed by atoms with E-state index in [0.29, 0.717) is 36.4 Å². The van der Waals surface area contributed by atoms with E-state index in [2.05, 4.69) is 20.8 Å². The standard InChI is InChI=1S/C21H22BrN3O4S2/c1-28-17-6-3-15(4-7-17)18-14-30-21(23-18)24-9-11-25(12-10-24)31(26,27)20-13-16(22)5-8-19(20)29-2/h3-8,13-14H,9-12H2,1-2H3. The van der Waals surface area contributed by atoms with Crippen molar-refractivity contribution in [1.82, 2.24) is 9.29 Å². The Balaban J connectivity index is 1.46. The van der Waals surface area contributed by atoms with Gasteiger partial charge in [0.15, 0.2) is 5.13 Å². The van der Waals surface area contributed by atoms with Crippen LogP contribution in [-0.2, 0) is 10.0 Å². The van der Waals surface area contributed by atoms with Gasteiger partial charge >= 0.3 is 0 Å². The summed E-state index contributed by atoms with van der Waals surface area (Å²) in [7, 11) is -0.538. The van der Waals surface area contributed by atoms with E-state index in [0.717, 1.165) is 22.1 Å². The van der Waals surface area contributed by atoms with Gasteiger partial charge in [-0.2, -0.15) is 4.31 Å². The first kappa shape index (κ1) is 22.1. The van der Waals surface area contributed by atoms with Gasteiger partial charge < -0.3 is 14.4 Å². The molecule has 1 aliphatic rings. The van der Waals surface area contributed by atoms with Crippen molar-refractivity contribution in [3.8, 4) is 22.8 Å². The quantitative estimate of drug-likeness (QED) is 0.484. The zero-order valence-corrected chi connectivity index (χ0v) is 20.3. The zero-order valence-electron chi connectivity index (χ0n) is 17.1. The third-order valence-electron chi connectivity index (χ3n) is 5.13. The Labute approximate surface area is 194 Å². The number of aromatic nitrogens is 1. The Hall–Kier alpha value is -2.14. The second-order valence-electron chi connectivity index (χ2n) is 6.93. The first-order valence-corrected chi connectivity index (χ1v) is 12.7. The minimum Gasteiger partial charge on any atom is -0.497 e. The minimum atomic E-state index is -3.65. The largest absolute Gasteiger partial charge is 0.497 e. The molecular weight excluding hydrogens is 502 g/mol. The van der Waals surface area contributed by atoms with Crippen LogP contribution in [0.15, 0.2) is 57.2 Å². The minimum absolute atomic E-state index is 0.175. The molecule has 1 aliphatic heterocycles. The molecule has 0 bridgehead atoms. The molecule has 0 saturated carbocycles. The molecule has 3 aromatic rings. The zero-order chi connectivity index (χ0) is 22.0. The molecule has 1 saturated heterocycles. The van der Waals surface area contributed by atoms with Crippen molar-refractivity contribution >= 4 is 42.4 Å². The van der Waals surface area contributed by atoms with Gasteiger partial charge in [0.05, 0.1) is 19.9 Å². The number of halogens is 1. The van der Waals surface area contributed by atoms with Crippen molar-refractivity contribution in [2.45, 2.75) is 4.90 Å². The molecule has 7 nitrogen and oxygen atoms in total. The summed E-state index contributed by atoms with van der Waals surface area (Å²) < 4.78 is 39.1. The average Bonchev–Trinajstić information content (AvgIpc) is 3.29. The number of thiazole rings is 1. The lowest BCUT2D eigenvalue weighted by molar-refractivity contribution is 0.374. The second kappa shape index (κ2) is 9.15. The summed E-state index contributed by atoms with van der Waals surface area (Å²) in [5, 5.41) is 2.91. The first-order valence-electron chi connectivity index (χ1n) is 9.61. The number of rotatable bonds is 6. The monoisotopic (exact) mass is 523 g/mol. The van der Waals surface area contributed by atoms with Crippen LogP contribution in [0, 0.1) is 0 Å². The van der Waals surface area contributed by atoms with Gasteiger partial charge in [-0.3, -0.25) is 0 Å². The van der Waals surface area contributed by atoms with Crippen molar-refractivity contribution in [2.75, 3.05) is 45.3 Å². The van der Waals surface area contributed by atoms with Crippen molar-refractivity contribution in [3.63, 3.8) is 0 Å². The van der Waals surface area contributed by atoms with Gasteiger partial charge in [-0.05, 0) is 42.5 Å². The fraction of sp³-hybridized carbons (Fsp3) is 0.286. The topological polar surface area (TPSA) is 72.0 Å². The molecule has 164 valence electrons. The van der Waals surface area contributed by atoms with Crippen molar-refractivity contribution in [1.29, 1.82) is 0 Å². The molecule has 0 unspecified atom stereocenters. The Morgan fingerprint density at radius 3 is 2.35 bits per heavy atom. The van der Waals surface area contributed by atoms with Crippen molar-refractivity contribution in [3.05, 3.63) is 52.3 Å². The molecule has 0 N–H and O–H groups in total. The van der Waals surface area contributed by atoms with Crippen LogP contribution in [0.1, 0.15) is 0 Å². The molecule has 4 rings (SSSR count). The number of hydrogen-bond acceptors (Lipinski definition) is 7. The fourth-order valence-corrected chi connectivity index (χ4v) is 6.42. The van der Waals surface area contributed by atoms with E-state index in [1.807, 2.05) is 29.6 Å². The maximum atomic E-state index is 13.2. The predicted molar refractivity (Wildman–Crippen MR) is 126 cm³/mol. The van der Waals surface area contributed by atoms with Gasteiger partial charge in [-0.1, -0.05) is 15.9 Å². The molecule has 0 amide bonds. The van der Waals surface area contributed by atoms with Crippen LogP contribution >= 0.6 is 27.3 Å². The summed E-state index contributed by atoms with van der Waals surface area (Å²) in [5.74, 6) is 1.15. The number of anilines is 1. The van der Waals surface area contributed by atoms with Crippen molar-refractivity contribution < 1.29 is 17.9 Å². The SMILES string of the molecule is COc1ccc(-c2csc(N3CCN(S(=O)(=O)c4cc(Br)ccc4OC)CC3)n2)cc1. The van der Waals surface area contributed by atoms with Crippen LogP contribution in [-0.4, -0.2) is 58.1 Å². The van der Waals surface area contributed by atoms with E-state index < -0.39 is 10.0 Å². The molecule has 1 fully saturated rings. The van der Waals surface area contributed by atoms with Crippen LogP contribution in [0.5, 0.6) is 11.5 Å². The second-order valence-corrected chi connectivity index (χ2v) is 10.6. The number of sulfonamides is 1. The highest BCUT2D eigenvalue weighted by atomic mass is 79.9. The van der Waals surface area contributed by atoms with Gasteiger partial charge in [0.1, 0.15) is 16.4 Å². The summed E-state index contributed by atoms with van der Waals surface area (Å²) in [6.07, 6.45) is 0. The number of piperazine rings is 1. The summed E-state index contributed by atoms with van der Waals surface area (Å²) >= 11 is 4.91. The highest BCUT2D eigenvalue weighted by Gasteiger charge is 2.31. The van der Waals surface area contributed by atoms with Gasteiger partial charge in [0, 0.05) is 41.6 Å². The molecule has 2 heterocycles. The Morgan fingerprint density at radius 1 is 1.00 bits per heavy atom. The van der Waals surface area contributed by atoms with E-state index in [1.165, 1.54) is 11.4 Å². The molecule has 2 aromatic carbocycles. The van der Waals surface area contributed by atoms with E-state index in [9.17, 15) is 8.42 Å². The van der Waals surface area contributed by atoms with Crippen LogP contribution in [0.2, 0.25) is 0 Å². The summed E-state index contributed by atoms with van der Waals surface area (Å²) in [4.78, 5) is 7.06. The Kier molecular flexibility index (Phi) is 6.52. The third-order valence-corrected chi connectivity index (χ3v) is 8.45. The van der Waals surface area contributed by atoms with Gasteiger partial charge in [0.25, 0.3) is 0 Å². The normalized spacial score (nSPS) is 15.1. The first-order chi connectivity index (χ1) is 14.9. The van der Waals surface area contributed by atoms with E-state index >= 15 is 0 Å². The van der Waals surface area contributed by atoms with E-state index in [4.69, 9.17) is 14.5 Å². The van der Waals surface area contributed by atoms with Gasteiger partial charge in [-0.15, -0.1) is 11.3 Å². The molecule has 0 spiro atoms. The molecule has 10 heteroatoms. The number of nitrogens with zero attached hydrogens (tertiary/aromatic N) is 3. The summed E-state index contributed by atoms with van der Waals surface area (Å²) in [6.45, 7) is 1.92. The van der Waals surface area contributed by atoms with Gasteiger partial charge in [-0.25, -0.2) is 13.4 Å². The van der Waals surface area contributed by atoms with Crippen molar-refractivity contribution in [2.24, 2.45) is 0 Å². The molecule has 1 aromatic heterocycles. The molecule has 0 atom stereocenters. The molecular formula is C21H22BrN3O4S2. The molecule has 0 radical (unpaired) electrons. The lowest BCUT2D eigenvalue weighted by atomic mass is 10.2. The van der Waals surface area contributed by atoms with Crippen LogP contribution in [0.4, 0.5) is 5.13 Å². The number of benzene rings is 2. The highest BCUT2D eigenvalue weighted by molar-refractivity contribution is 9.10. The third kappa shape index (κ3) is 4.57. The maximum absolute atomic E-state index is 13.2. The molecule has 0 aliphatic carbocycles. The Morgan fingerprint density at radius 2 is 1.71 bits per heavy atom. The maximum Gasteiger partial charge on any atom is 0.246 e. The Bertz CT molecular complexity index is 1160. The average molecular weight is 524 g/mol. The summed E-state index contributed by atoms with van der Waals surface area (Å²) in [6, 6.07) is 12.8. The molecule has 31 heavy (non-hydrogen) atoms. The summed E-state index contributed by atoms with van der Waals surface area (Å²) in [5.41, 5.74) is 1.92. The highest BCUT2D eigenvalue weighted by Crippen LogP contribution is 2.32. The van der Waals surface area contributed by atoms with Crippen LogP contribution in [0.25, 0.3) is 11.3 Å². The fourth-order valence-electron chi connectivity index (χ4n) is 3.41.